The summed E-state index contributed by atoms with van der Waals surface area (Å²) >= 11 is 2.70. The third kappa shape index (κ3) is 4.16. The van der Waals surface area contributed by atoms with Crippen LogP contribution in [-0.2, 0) is 17.6 Å². The Bertz CT molecular complexity index is 663. The molecule has 0 aromatic carbocycles. The molecule has 2 aromatic heterocycles. The van der Waals surface area contributed by atoms with Gasteiger partial charge in [-0.15, -0.1) is 11.3 Å². The van der Waals surface area contributed by atoms with Crippen LogP contribution in [0.2, 0.25) is 0 Å². The fourth-order valence-corrected chi connectivity index (χ4v) is 3.46. The summed E-state index contributed by atoms with van der Waals surface area (Å²) in [5.74, 6) is -0.236. The summed E-state index contributed by atoms with van der Waals surface area (Å²) in [6.07, 6.45) is 0.912. The molecule has 0 aliphatic heterocycles. The van der Waals surface area contributed by atoms with Gasteiger partial charge in [0.25, 0.3) is 0 Å². The lowest BCUT2D eigenvalue weighted by molar-refractivity contribution is -0.115. The minimum absolute atomic E-state index is 0.0450. The fourth-order valence-electron chi connectivity index (χ4n) is 1.77. The number of amides is 1. The second-order valence-corrected chi connectivity index (χ2v) is 6.43. The molecule has 0 radical (unpaired) electrons. The third-order valence-corrected chi connectivity index (χ3v) is 4.79. The quantitative estimate of drug-likeness (QED) is 0.790. The number of aromatic nitrogens is 2. The molecule has 0 saturated heterocycles. The largest absolute Gasteiger partial charge is 0.330 e. The second kappa shape index (κ2) is 6.88. The van der Waals surface area contributed by atoms with Crippen molar-refractivity contribution in [2.75, 3.05) is 11.9 Å². The number of Topliss-reactive ketones (excluding diaryl/α,β-unsaturated/α-hetero) is 1. The molecule has 3 N–H and O–H groups in total. The van der Waals surface area contributed by atoms with Crippen molar-refractivity contribution in [3.8, 4) is 0 Å². The number of carbonyl (C=O) groups is 2. The van der Waals surface area contributed by atoms with Crippen molar-refractivity contribution in [2.45, 2.75) is 26.7 Å². The highest BCUT2D eigenvalue weighted by Gasteiger charge is 2.14. The number of aryl methyl sites for hydroxylation is 1. The highest BCUT2D eigenvalue weighted by Crippen LogP contribution is 2.23. The average Bonchev–Trinajstić information content (AvgIpc) is 2.97. The monoisotopic (exact) mass is 324 g/mol. The Kier molecular flexibility index (Phi) is 5.16. The first-order valence-corrected chi connectivity index (χ1v) is 8.10. The molecule has 0 spiro atoms. The maximum atomic E-state index is 11.9. The first kappa shape index (κ1) is 15.7. The second-order valence-electron chi connectivity index (χ2n) is 4.49. The van der Waals surface area contributed by atoms with Crippen molar-refractivity contribution in [3.05, 3.63) is 26.7 Å². The van der Waals surface area contributed by atoms with E-state index in [1.54, 1.807) is 6.92 Å². The zero-order valence-corrected chi connectivity index (χ0v) is 13.4. The molecule has 2 aromatic rings. The van der Waals surface area contributed by atoms with E-state index in [2.05, 4.69) is 15.3 Å². The van der Waals surface area contributed by atoms with Crippen LogP contribution in [0.15, 0.2) is 5.38 Å². The topological polar surface area (TPSA) is 98.0 Å². The summed E-state index contributed by atoms with van der Waals surface area (Å²) in [5.41, 5.74) is 6.83. The molecule has 21 heavy (non-hydrogen) atoms. The summed E-state index contributed by atoms with van der Waals surface area (Å²) in [6.45, 7) is 3.79. The van der Waals surface area contributed by atoms with E-state index >= 15 is 0 Å². The Morgan fingerprint density at radius 1 is 1.38 bits per heavy atom. The number of carbonyl (C=O) groups excluding carboxylic acids is 2. The van der Waals surface area contributed by atoms with Crippen LogP contribution >= 0.6 is 22.7 Å². The number of nitrogens with one attached hydrogen (secondary N) is 1. The third-order valence-electron chi connectivity index (χ3n) is 2.66. The van der Waals surface area contributed by atoms with Crippen LogP contribution in [0.5, 0.6) is 0 Å². The fraction of sp³-hybridized carbons (Fsp3) is 0.385. The van der Waals surface area contributed by atoms with Crippen LogP contribution in [0.4, 0.5) is 5.13 Å². The zero-order chi connectivity index (χ0) is 15.4. The van der Waals surface area contributed by atoms with Gasteiger partial charge in [-0.3, -0.25) is 9.59 Å². The van der Waals surface area contributed by atoms with Gasteiger partial charge < -0.3 is 11.1 Å². The van der Waals surface area contributed by atoms with Gasteiger partial charge in [0.15, 0.2) is 10.9 Å². The number of nitrogens with two attached hydrogens (primary N) is 1. The summed E-state index contributed by atoms with van der Waals surface area (Å²) in [4.78, 5) is 32.4. The molecular formula is C13H16N4O2S2. The minimum atomic E-state index is -0.191. The molecule has 0 aliphatic rings. The molecule has 0 saturated carbocycles. The van der Waals surface area contributed by atoms with Crippen molar-refractivity contribution >= 4 is 39.5 Å². The van der Waals surface area contributed by atoms with Gasteiger partial charge in [0.2, 0.25) is 5.91 Å². The lowest BCUT2D eigenvalue weighted by atomic mass is 10.3. The Morgan fingerprint density at radius 3 is 2.76 bits per heavy atom. The number of nitrogens with zero attached hydrogens (tertiary/aromatic N) is 2. The van der Waals surface area contributed by atoms with Crippen LogP contribution < -0.4 is 11.1 Å². The predicted octanol–water partition coefficient (Wildman–Crippen LogP) is 1.79. The summed E-state index contributed by atoms with van der Waals surface area (Å²) in [7, 11) is 0. The van der Waals surface area contributed by atoms with E-state index < -0.39 is 0 Å². The number of anilines is 1. The first-order chi connectivity index (χ1) is 9.99. The Labute approximate surface area is 130 Å². The van der Waals surface area contributed by atoms with Gasteiger partial charge in [0, 0.05) is 18.7 Å². The smallest absolute Gasteiger partial charge is 0.232 e. The Balaban J connectivity index is 1.97. The van der Waals surface area contributed by atoms with Gasteiger partial charge in [0.05, 0.1) is 27.7 Å². The van der Waals surface area contributed by atoms with Gasteiger partial charge in [-0.25, -0.2) is 9.97 Å². The van der Waals surface area contributed by atoms with Crippen molar-refractivity contribution in [3.63, 3.8) is 0 Å². The van der Waals surface area contributed by atoms with Gasteiger partial charge in [0.1, 0.15) is 0 Å². The van der Waals surface area contributed by atoms with E-state index in [9.17, 15) is 9.59 Å². The summed E-state index contributed by atoms with van der Waals surface area (Å²) in [5, 5.41) is 5.94. The van der Waals surface area contributed by atoms with Crippen molar-refractivity contribution in [2.24, 2.45) is 5.73 Å². The normalized spacial score (nSPS) is 10.6. The van der Waals surface area contributed by atoms with Gasteiger partial charge in [-0.2, -0.15) is 0 Å². The number of rotatable bonds is 6. The highest BCUT2D eigenvalue weighted by molar-refractivity contribution is 7.17. The van der Waals surface area contributed by atoms with Gasteiger partial charge in [-0.1, -0.05) is 11.3 Å². The lowest BCUT2D eigenvalue weighted by Crippen LogP contribution is -2.14. The standard InChI is InChI=1S/C13H16N4O2S2/c1-7-12(8(2)18)21-13(15-7)17-10(19)5-9-6-20-11(16-9)3-4-14/h6H,3-5,14H2,1-2H3,(H,15,17,19). The van der Waals surface area contributed by atoms with E-state index in [1.165, 1.54) is 29.6 Å². The van der Waals surface area contributed by atoms with Crippen molar-refractivity contribution < 1.29 is 9.59 Å². The van der Waals surface area contributed by atoms with E-state index in [4.69, 9.17) is 5.73 Å². The molecule has 2 heterocycles. The SMILES string of the molecule is CC(=O)c1sc(NC(=O)Cc2csc(CCN)n2)nc1C. The van der Waals surface area contributed by atoms with Crippen LogP contribution in [0.25, 0.3) is 0 Å². The number of hydrogen-bond acceptors (Lipinski definition) is 7. The van der Waals surface area contributed by atoms with E-state index in [0.29, 0.717) is 22.2 Å². The average molecular weight is 324 g/mol. The van der Waals surface area contributed by atoms with E-state index in [-0.39, 0.29) is 18.1 Å². The molecule has 112 valence electrons. The molecule has 0 unspecified atom stereocenters. The van der Waals surface area contributed by atoms with Crippen molar-refractivity contribution in [1.29, 1.82) is 0 Å². The van der Waals surface area contributed by atoms with Gasteiger partial charge in [-0.05, 0) is 13.5 Å². The maximum Gasteiger partial charge on any atom is 0.232 e. The Hall–Kier alpha value is -1.64. The maximum absolute atomic E-state index is 11.9. The van der Waals surface area contributed by atoms with Crippen LogP contribution in [-0.4, -0.2) is 28.2 Å². The highest BCUT2D eigenvalue weighted by atomic mass is 32.1. The molecule has 1 amide bonds. The molecule has 8 heteroatoms. The minimum Gasteiger partial charge on any atom is -0.330 e. The molecule has 0 bridgehead atoms. The lowest BCUT2D eigenvalue weighted by Gasteiger charge is -1.98. The Morgan fingerprint density at radius 2 is 2.14 bits per heavy atom. The number of hydrogen-bond donors (Lipinski definition) is 2. The van der Waals surface area contributed by atoms with Gasteiger partial charge >= 0.3 is 0 Å². The molecular weight excluding hydrogens is 308 g/mol. The molecule has 0 aliphatic carbocycles. The summed E-state index contributed by atoms with van der Waals surface area (Å²) < 4.78 is 0. The van der Waals surface area contributed by atoms with Crippen LogP contribution in [0.3, 0.4) is 0 Å². The molecule has 0 atom stereocenters. The molecule has 0 fully saturated rings. The van der Waals surface area contributed by atoms with Crippen molar-refractivity contribution in [1.82, 2.24) is 9.97 Å². The molecule has 6 nitrogen and oxygen atoms in total. The summed E-state index contributed by atoms with van der Waals surface area (Å²) in [6, 6.07) is 0. The van der Waals surface area contributed by atoms with Crippen LogP contribution in [0.1, 0.15) is 33.0 Å². The van der Waals surface area contributed by atoms with E-state index in [0.717, 1.165) is 17.1 Å². The van der Waals surface area contributed by atoms with Crippen LogP contribution in [0, 0.1) is 6.92 Å². The number of ketones is 1. The van der Waals surface area contributed by atoms with E-state index in [1.807, 2.05) is 5.38 Å². The zero-order valence-electron chi connectivity index (χ0n) is 11.8. The predicted molar refractivity (Wildman–Crippen MR) is 84.1 cm³/mol. The first-order valence-electron chi connectivity index (χ1n) is 6.41. The molecule has 2 rings (SSSR count). The number of thiazole rings is 2.